The zero-order valence-corrected chi connectivity index (χ0v) is 13.8. The maximum atomic E-state index is 12.6. The number of hydrogen-bond acceptors (Lipinski definition) is 5. The van der Waals surface area contributed by atoms with E-state index in [1.54, 1.807) is 31.2 Å². The summed E-state index contributed by atoms with van der Waals surface area (Å²) in [5, 5.41) is 6.81. The Morgan fingerprint density at radius 2 is 2.13 bits per heavy atom. The van der Waals surface area contributed by atoms with E-state index in [1.165, 1.54) is 0 Å². The molecule has 3 rings (SSSR count). The number of fused-ring (bicyclic) bond motifs is 1. The lowest BCUT2D eigenvalue weighted by Gasteiger charge is -2.26. The first-order valence-corrected chi connectivity index (χ1v) is 9.17. The van der Waals surface area contributed by atoms with Crippen LogP contribution in [-0.4, -0.2) is 25.2 Å². The first-order chi connectivity index (χ1) is 10.9. The number of hydrogen-bond donors (Lipinski definition) is 1. The van der Waals surface area contributed by atoms with Crippen LogP contribution in [0.15, 0.2) is 33.7 Å². The van der Waals surface area contributed by atoms with Crippen molar-refractivity contribution in [3.05, 3.63) is 46.8 Å². The van der Waals surface area contributed by atoms with Gasteiger partial charge in [0, 0.05) is 0 Å². The Kier molecular flexibility index (Phi) is 3.97. The molecule has 2 heterocycles. The standard InChI is InChI=1S/C16H18N2O4S/c1-3-12-15(10(2)22-18-12)16(19)17-13-8-9-23(20,21)14-7-5-4-6-11(13)14/h4-7,13H,3,8-9H2,1-2H3,(H,17,19)/t13-/m0/s1. The summed E-state index contributed by atoms with van der Waals surface area (Å²) in [4.78, 5) is 12.9. The Hall–Kier alpha value is -2.15. The Morgan fingerprint density at radius 1 is 1.39 bits per heavy atom. The molecule has 6 nitrogen and oxygen atoms in total. The van der Waals surface area contributed by atoms with Gasteiger partial charge in [-0.1, -0.05) is 30.3 Å². The van der Waals surface area contributed by atoms with E-state index in [1.807, 2.05) is 6.92 Å². The molecular weight excluding hydrogens is 316 g/mol. The zero-order chi connectivity index (χ0) is 16.6. The second kappa shape index (κ2) is 5.81. The summed E-state index contributed by atoms with van der Waals surface area (Å²) < 4.78 is 29.4. The molecule has 0 aliphatic carbocycles. The predicted octanol–water partition coefficient (Wildman–Crippen LogP) is 2.19. The van der Waals surface area contributed by atoms with Gasteiger partial charge in [-0.15, -0.1) is 0 Å². The van der Waals surface area contributed by atoms with Crippen molar-refractivity contribution >= 4 is 15.7 Å². The molecule has 1 amide bonds. The molecule has 0 radical (unpaired) electrons. The quantitative estimate of drug-likeness (QED) is 0.929. The lowest BCUT2D eigenvalue weighted by atomic mass is 10.0. The highest BCUT2D eigenvalue weighted by Crippen LogP contribution is 2.32. The van der Waals surface area contributed by atoms with Crippen molar-refractivity contribution in [1.82, 2.24) is 10.5 Å². The third kappa shape index (κ3) is 2.76. The minimum absolute atomic E-state index is 0.0260. The second-order valence-corrected chi connectivity index (χ2v) is 7.66. The van der Waals surface area contributed by atoms with Crippen LogP contribution in [0.5, 0.6) is 0 Å². The number of aryl methyl sites for hydroxylation is 2. The van der Waals surface area contributed by atoms with Crippen LogP contribution in [0.1, 0.15) is 46.8 Å². The molecule has 0 unspecified atom stereocenters. The summed E-state index contributed by atoms with van der Waals surface area (Å²) in [7, 11) is -3.27. The normalized spacial score (nSPS) is 19.1. The molecule has 122 valence electrons. The number of benzene rings is 1. The first-order valence-electron chi connectivity index (χ1n) is 7.51. The predicted molar refractivity (Wildman–Crippen MR) is 83.9 cm³/mol. The molecule has 0 fully saturated rings. The average molecular weight is 334 g/mol. The molecule has 7 heteroatoms. The minimum Gasteiger partial charge on any atom is -0.361 e. The molecule has 1 aromatic heterocycles. The van der Waals surface area contributed by atoms with E-state index in [0.29, 0.717) is 40.3 Å². The van der Waals surface area contributed by atoms with Crippen LogP contribution in [0.3, 0.4) is 0 Å². The van der Waals surface area contributed by atoms with E-state index < -0.39 is 9.84 Å². The number of carbonyl (C=O) groups excluding carboxylic acids is 1. The summed E-state index contributed by atoms with van der Waals surface area (Å²) in [6.07, 6.45) is 0.951. The Morgan fingerprint density at radius 3 is 2.87 bits per heavy atom. The van der Waals surface area contributed by atoms with Gasteiger partial charge in [0.1, 0.15) is 11.3 Å². The number of rotatable bonds is 3. The van der Waals surface area contributed by atoms with Crippen LogP contribution in [-0.2, 0) is 16.3 Å². The molecule has 1 N–H and O–H groups in total. The van der Waals surface area contributed by atoms with Crippen molar-refractivity contribution in [1.29, 1.82) is 0 Å². The smallest absolute Gasteiger partial charge is 0.257 e. The summed E-state index contributed by atoms with van der Waals surface area (Å²) in [5.41, 5.74) is 1.69. The molecule has 1 atom stereocenters. The number of carbonyl (C=O) groups is 1. The van der Waals surface area contributed by atoms with E-state index in [9.17, 15) is 13.2 Å². The molecular formula is C16H18N2O4S. The lowest BCUT2D eigenvalue weighted by Crippen LogP contribution is -2.34. The molecule has 0 spiro atoms. The van der Waals surface area contributed by atoms with Crippen molar-refractivity contribution in [2.24, 2.45) is 0 Å². The van der Waals surface area contributed by atoms with Crippen LogP contribution in [0, 0.1) is 6.92 Å². The lowest BCUT2D eigenvalue weighted by molar-refractivity contribution is 0.0932. The topological polar surface area (TPSA) is 89.3 Å². The third-order valence-corrected chi connectivity index (χ3v) is 5.92. The van der Waals surface area contributed by atoms with E-state index in [-0.39, 0.29) is 17.7 Å². The van der Waals surface area contributed by atoms with Gasteiger partial charge in [0.25, 0.3) is 5.91 Å². The molecule has 0 saturated carbocycles. The highest BCUT2D eigenvalue weighted by Gasteiger charge is 2.32. The number of nitrogens with one attached hydrogen (secondary N) is 1. The number of amides is 1. The molecule has 23 heavy (non-hydrogen) atoms. The molecule has 2 aromatic rings. The summed E-state index contributed by atoms with van der Waals surface area (Å²) in [5.74, 6) is 0.217. The first kappa shape index (κ1) is 15.7. The van der Waals surface area contributed by atoms with Crippen molar-refractivity contribution in [3.8, 4) is 0 Å². The van der Waals surface area contributed by atoms with Crippen molar-refractivity contribution in [2.75, 3.05) is 5.75 Å². The summed E-state index contributed by atoms with van der Waals surface area (Å²) in [6.45, 7) is 3.59. The third-order valence-electron chi connectivity index (χ3n) is 4.11. The molecule has 0 bridgehead atoms. The zero-order valence-electron chi connectivity index (χ0n) is 13.0. The number of nitrogens with zero attached hydrogens (tertiary/aromatic N) is 1. The fourth-order valence-corrected chi connectivity index (χ4v) is 4.54. The van der Waals surface area contributed by atoms with Gasteiger partial charge in [-0.25, -0.2) is 8.42 Å². The number of sulfone groups is 1. The van der Waals surface area contributed by atoms with Gasteiger partial charge in [0.05, 0.1) is 22.4 Å². The van der Waals surface area contributed by atoms with Gasteiger partial charge >= 0.3 is 0 Å². The number of aromatic nitrogens is 1. The van der Waals surface area contributed by atoms with Crippen LogP contribution < -0.4 is 5.32 Å². The monoisotopic (exact) mass is 334 g/mol. The van der Waals surface area contributed by atoms with E-state index >= 15 is 0 Å². The summed E-state index contributed by atoms with van der Waals surface area (Å²) >= 11 is 0. The maximum absolute atomic E-state index is 12.6. The minimum atomic E-state index is -3.27. The maximum Gasteiger partial charge on any atom is 0.257 e. The average Bonchev–Trinajstić information content (AvgIpc) is 2.91. The van der Waals surface area contributed by atoms with E-state index in [2.05, 4.69) is 10.5 Å². The van der Waals surface area contributed by atoms with Gasteiger partial charge in [-0.05, 0) is 31.4 Å². The largest absolute Gasteiger partial charge is 0.361 e. The van der Waals surface area contributed by atoms with Gasteiger partial charge in [0.15, 0.2) is 9.84 Å². The van der Waals surface area contributed by atoms with Gasteiger partial charge in [0.2, 0.25) is 0 Å². The Bertz CT molecular complexity index is 855. The highest BCUT2D eigenvalue weighted by molar-refractivity contribution is 7.91. The Balaban J connectivity index is 1.92. The molecule has 1 aliphatic heterocycles. The fourth-order valence-electron chi connectivity index (χ4n) is 2.92. The highest BCUT2D eigenvalue weighted by atomic mass is 32.2. The van der Waals surface area contributed by atoms with Crippen LogP contribution >= 0.6 is 0 Å². The van der Waals surface area contributed by atoms with Crippen molar-refractivity contribution < 1.29 is 17.7 Å². The van der Waals surface area contributed by atoms with Gasteiger partial charge in [-0.3, -0.25) is 4.79 Å². The van der Waals surface area contributed by atoms with E-state index in [4.69, 9.17) is 4.52 Å². The fraction of sp³-hybridized carbons (Fsp3) is 0.375. The molecule has 1 aliphatic rings. The van der Waals surface area contributed by atoms with Crippen LogP contribution in [0.2, 0.25) is 0 Å². The van der Waals surface area contributed by atoms with Crippen LogP contribution in [0.4, 0.5) is 0 Å². The van der Waals surface area contributed by atoms with Gasteiger partial charge < -0.3 is 9.84 Å². The van der Waals surface area contributed by atoms with Gasteiger partial charge in [-0.2, -0.15) is 0 Å². The SMILES string of the molecule is CCc1noc(C)c1C(=O)N[C@H]1CCS(=O)(=O)c2ccccc21. The molecule has 0 saturated heterocycles. The van der Waals surface area contributed by atoms with Crippen LogP contribution in [0.25, 0.3) is 0 Å². The van der Waals surface area contributed by atoms with Crippen molar-refractivity contribution in [3.63, 3.8) is 0 Å². The second-order valence-electron chi connectivity index (χ2n) is 5.59. The molecule has 1 aromatic carbocycles. The Labute approximate surface area is 134 Å². The summed E-state index contributed by atoms with van der Waals surface area (Å²) in [6, 6.07) is 6.48. The van der Waals surface area contributed by atoms with E-state index in [0.717, 1.165) is 0 Å². The van der Waals surface area contributed by atoms with Crippen molar-refractivity contribution in [2.45, 2.75) is 37.6 Å².